The van der Waals surface area contributed by atoms with Crippen molar-refractivity contribution in [3.8, 4) is 0 Å². The molecule has 0 aliphatic carbocycles. The topological polar surface area (TPSA) is 63.3 Å². The molecule has 4 heteroatoms. The maximum Gasteiger partial charge on any atom is 0.303 e. The van der Waals surface area contributed by atoms with Crippen LogP contribution in [0.4, 0.5) is 0 Å². The molecule has 0 saturated carbocycles. The molecule has 1 heterocycles. The molecular weight excluding hydrogens is 218 g/mol. The summed E-state index contributed by atoms with van der Waals surface area (Å²) in [6.07, 6.45) is 12.2. The summed E-state index contributed by atoms with van der Waals surface area (Å²) in [5.41, 5.74) is 0. The van der Waals surface area contributed by atoms with E-state index in [9.17, 15) is 4.79 Å². The number of carboxylic acid groups (broad SMARTS) is 1. The number of oxazole rings is 1. The van der Waals surface area contributed by atoms with Gasteiger partial charge in [-0.15, -0.1) is 0 Å². The van der Waals surface area contributed by atoms with E-state index in [0.29, 0.717) is 6.42 Å². The molecule has 4 nitrogen and oxygen atoms in total. The van der Waals surface area contributed by atoms with Crippen LogP contribution in [-0.4, -0.2) is 16.1 Å². The monoisotopic (exact) mass is 239 g/mol. The van der Waals surface area contributed by atoms with Gasteiger partial charge in [-0.25, -0.2) is 4.98 Å². The molecule has 0 unspecified atom stereocenters. The van der Waals surface area contributed by atoms with Crippen molar-refractivity contribution in [3.05, 3.63) is 18.4 Å². The Hall–Kier alpha value is -1.32. The summed E-state index contributed by atoms with van der Waals surface area (Å²) < 4.78 is 5.15. The molecule has 0 aliphatic rings. The van der Waals surface area contributed by atoms with Gasteiger partial charge in [0.05, 0.1) is 6.20 Å². The summed E-state index contributed by atoms with van der Waals surface area (Å²) in [5.74, 6) is 0.141. The van der Waals surface area contributed by atoms with Crippen molar-refractivity contribution in [1.29, 1.82) is 0 Å². The molecule has 1 N–H and O–H groups in total. The van der Waals surface area contributed by atoms with Crippen molar-refractivity contribution in [1.82, 2.24) is 4.98 Å². The van der Waals surface area contributed by atoms with Crippen LogP contribution in [0.3, 0.4) is 0 Å². The number of aromatic nitrogens is 1. The van der Waals surface area contributed by atoms with Crippen molar-refractivity contribution in [2.24, 2.45) is 0 Å². The Labute approximate surface area is 102 Å². The maximum absolute atomic E-state index is 10.3. The van der Waals surface area contributed by atoms with Crippen LogP contribution in [0, 0.1) is 0 Å². The molecule has 1 aromatic heterocycles. The Morgan fingerprint density at radius 1 is 1.12 bits per heavy atom. The summed E-state index contributed by atoms with van der Waals surface area (Å²) in [6.45, 7) is 0. The highest BCUT2D eigenvalue weighted by molar-refractivity contribution is 5.66. The minimum atomic E-state index is -0.684. The summed E-state index contributed by atoms with van der Waals surface area (Å²) in [4.78, 5) is 14.3. The zero-order valence-electron chi connectivity index (χ0n) is 10.2. The quantitative estimate of drug-likeness (QED) is 0.635. The molecule has 0 saturated heterocycles. The number of rotatable bonds is 10. The van der Waals surface area contributed by atoms with Crippen LogP contribution in [0.5, 0.6) is 0 Å². The molecule has 1 aromatic rings. The van der Waals surface area contributed by atoms with Gasteiger partial charge in [0.25, 0.3) is 0 Å². The first-order valence-electron chi connectivity index (χ1n) is 6.39. The number of hydrogen-bond acceptors (Lipinski definition) is 3. The van der Waals surface area contributed by atoms with Crippen LogP contribution >= 0.6 is 0 Å². The standard InChI is InChI=1S/C13H21NO3/c15-13(16)9-7-5-3-1-2-4-6-8-12-14-10-11-17-12/h10-11H,1-9H2,(H,15,16). The van der Waals surface area contributed by atoms with Crippen molar-refractivity contribution < 1.29 is 14.3 Å². The average Bonchev–Trinajstić information content (AvgIpc) is 2.79. The second kappa shape index (κ2) is 8.79. The molecule has 0 radical (unpaired) electrons. The summed E-state index contributed by atoms with van der Waals surface area (Å²) in [5, 5.41) is 8.46. The van der Waals surface area contributed by atoms with Crippen LogP contribution in [0.2, 0.25) is 0 Å². The largest absolute Gasteiger partial charge is 0.481 e. The molecule has 0 aromatic carbocycles. The van der Waals surface area contributed by atoms with Gasteiger partial charge in [-0.05, 0) is 12.8 Å². The van der Waals surface area contributed by atoms with Crippen molar-refractivity contribution >= 4 is 5.97 Å². The van der Waals surface area contributed by atoms with E-state index in [4.69, 9.17) is 9.52 Å². The van der Waals surface area contributed by atoms with E-state index in [1.807, 2.05) is 0 Å². The molecular formula is C13H21NO3. The lowest BCUT2D eigenvalue weighted by molar-refractivity contribution is -0.137. The number of aliphatic carboxylic acids is 1. The maximum atomic E-state index is 10.3. The van der Waals surface area contributed by atoms with E-state index in [-0.39, 0.29) is 0 Å². The van der Waals surface area contributed by atoms with E-state index in [1.165, 1.54) is 19.3 Å². The molecule has 96 valence electrons. The third-order valence-electron chi connectivity index (χ3n) is 2.76. The number of hydrogen-bond donors (Lipinski definition) is 1. The summed E-state index contributed by atoms with van der Waals surface area (Å²) >= 11 is 0. The van der Waals surface area contributed by atoms with E-state index < -0.39 is 5.97 Å². The zero-order chi connectivity index (χ0) is 12.3. The van der Waals surface area contributed by atoms with E-state index >= 15 is 0 Å². The van der Waals surface area contributed by atoms with Gasteiger partial charge >= 0.3 is 5.97 Å². The fourth-order valence-corrected chi connectivity index (χ4v) is 1.81. The molecule has 17 heavy (non-hydrogen) atoms. The van der Waals surface area contributed by atoms with Gasteiger partial charge < -0.3 is 9.52 Å². The van der Waals surface area contributed by atoms with Gasteiger partial charge in [-0.3, -0.25) is 4.79 Å². The SMILES string of the molecule is O=C(O)CCCCCCCCCc1ncco1. The van der Waals surface area contributed by atoms with Gasteiger partial charge in [-0.2, -0.15) is 0 Å². The number of nitrogens with zero attached hydrogens (tertiary/aromatic N) is 1. The Morgan fingerprint density at radius 2 is 1.76 bits per heavy atom. The Morgan fingerprint density at radius 3 is 2.35 bits per heavy atom. The van der Waals surface area contributed by atoms with Crippen LogP contribution < -0.4 is 0 Å². The molecule has 0 atom stereocenters. The van der Waals surface area contributed by atoms with Crippen molar-refractivity contribution in [2.45, 2.75) is 57.8 Å². The normalized spacial score (nSPS) is 10.6. The lowest BCUT2D eigenvalue weighted by Gasteiger charge is -2.00. The van der Waals surface area contributed by atoms with Gasteiger partial charge in [0.1, 0.15) is 6.26 Å². The molecule has 0 fully saturated rings. The third-order valence-corrected chi connectivity index (χ3v) is 2.76. The zero-order valence-corrected chi connectivity index (χ0v) is 10.2. The highest BCUT2D eigenvalue weighted by atomic mass is 16.4. The molecule has 1 rings (SSSR count). The average molecular weight is 239 g/mol. The number of aryl methyl sites for hydroxylation is 1. The van der Waals surface area contributed by atoms with Gasteiger partial charge in [0.15, 0.2) is 5.89 Å². The second-order valence-corrected chi connectivity index (χ2v) is 4.29. The van der Waals surface area contributed by atoms with E-state index in [2.05, 4.69) is 4.98 Å². The fraction of sp³-hybridized carbons (Fsp3) is 0.692. The second-order valence-electron chi connectivity index (χ2n) is 4.29. The fourth-order valence-electron chi connectivity index (χ4n) is 1.81. The van der Waals surface area contributed by atoms with Crippen LogP contribution in [0.25, 0.3) is 0 Å². The van der Waals surface area contributed by atoms with Crippen molar-refractivity contribution in [2.75, 3.05) is 0 Å². The van der Waals surface area contributed by atoms with Crippen LogP contribution in [-0.2, 0) is 11.2 Å². The molecule has 0 amide bonds. The van der Waals surface area contributed by atoms with Gasteiger partial charge in [0.2, 0.25) is 0 Å². The highest BCUT2D eigenvalue weighted by Crippen LogP contribution is 2.10. The smallest absolute Gasteiger partial charge is 0.303 e. The predicted molar refractivity (Wildman–Crippen MR) is 64.8 cm³/mol. The number of carbonyl (C=O) groups is 1. The lowest BCUT2D eigenvalue weighted by Crippen LogP contribution is -1.93. The van der Waals surface area contributed by atoms with E-state index in [0.717, 1.165) is 38.0 Å². The van der Waals surface area contributed by atoms with Gasteiger partial charge in [-0.1, -0.05) is 32.1 Å². The Kier molecular flexibility index (Phi) is 7.11. The van der Waals surface area contributed by atoms with Crippen molar-refractivity contribution in [3.63, 3.8) is 0 Å². The number of unbranched alkanes of at least 4 members (excludes halogenated alkanes) is 6. The minimum Gasteiger partial charge on any atom is -0.481 e. The lowest BCUT2D eigenvalue weighted by atomic mass is 10.1. The predicted octanol–water partition coefficient (Wildman–Crippen LogP) is 3.42. The Balaban J connectivity index is 1.80. The summed E-state index contributed by atoms with van der Waals surface area (Å²) in [7, 11) is 0. The molecule has 0 aliphatic heterocycles. The molecule has 0 bridgehead atoms. The van der Waals surface area contributed by atoms with Crippen LogP contribution in [0.1, 0.15) is 57.3 Å². The van der Waals surface area contributed by atoms with Gasteiger partial charge in [0, 0.05) is 12.8 Å². The Bertz CT molecular complexity index is 296. The molecule has 0 spiro atoms. The summed E-state index contributed by atoms with van der Waals surface area (Å²) in [6, 6.07) is 0. The first-order chi connectivity index (χ1) is 8.29. The highest BCUT2D eigenvalue weighted by Gasteiger charge is 1.98. The third kappa shape index (κ3) is 7.55. The first-order valence-corrected chi connectivity index (χ1v) is 6.39. The van der Waals surface area contributed by atoms with E-state index in [1.54, 1.807) is 12.5 Å². The minimum absolute atomic E-state index is 0.310. The first kappa shape index (κ1) is 13.7. The number of carboxylic acids is 1. The van der Waals surface area contributed by atoms with Crippen LogP contribution in [0.15, 0.2) is 16.9 Å².